The first-order chi connectivity index (χ1) is 34.0. The number of fused-ring (bicyclic) bond motifs is 1. The molecule has 1 atom stereocenters. The van der Waals surface area contributed by atoms with Gasteiger partial charge in [0.25, 0.3) is 17.4 Å². The maximum Gasteiger partial charge on any atom is 0.274 e. The van der Waals surface area contributed by atoms with E-state index in [1.165, 1.54) is 6.07 Å². The highest BCUT2D eigenvalue weighted by molar-refractivity contribution is 6.03. The van der Waals surface area contributed by atoms with Gasteiger partial charge >= 0.3 is 0 Å². The number of benzene rings is 2. The summed E-state index contributed by atoms with van der Waals surface area (Å²) in [5, 5.41) is 11.0. The first kappa shape index (κ1) is 48.9. The molecule has 0 radical (unpaired) electrons. The van der Waals surface area contributed by atoms with E-state index in [0.29, 0.717) is 138 Å². The zero-order valence-corrected chi connectivity index (χ0v) is 40.1. The first-order valence-corrected chi connectivity index (χ1v) is 24.9. The van der Waals surface area contributed by atoms with Crippen LogP contribution < -0.4 is 10.9 Å². The Balaban J connectivity index is 0.720. The standard InChI is InChI=1S/C51H64FN11O7/c1-2-60-32-37(8-10-46(60)65)38-29-44(54-45(64)33-59-23-25-70-26-24-59)48(53-30-38)51(69)62-13-11-35(12-14-62)31-57-15-17-58(18-16-57)34-47(66)61-19-21-63(22-20-61)50(68)41-27-36(7-9-42(41)52)28-43-39-5-3-4-6-40(39)49(67)56-55-43/h3-7,9,27,29-30,35,37H,2,8,10-26,28,31-34H2,1H3,(H,54,64)(H,56,67). The van der Waals surface area contributed by atoms with Crippen molar-refractivity contribution in [1.29, 1.82) is 0 Å². The van der Waals surface area contributed by atoms with Crippen molar-refractivity contribution in [2.45, 2.75) is 44.9 Å². The van der Waals surface area contributed by atoms with Gasteiger partial charge in [0.1, 0.15) is 5.82 Å². The molecule has 70 heavy (non-hydrogen) atoms. The number of nitrogens with zero attached hydrogens (tertiary/aromatic N) is 9. The maximum atomic E-state index is 15.1. The Labute approximate surface area is 407 Å². The quantitative estimate of drug-likeness (QED) is 0.200. The molecule has 5 fully saturated rings. The average Bonchev–Trinajstić information content (AvgIpc) is 3.38. The van der Waals surface area contributed by atoms with Gasteiger partial charge in [-0.2, -0.15) is 5.10 Å². The number of piperidine rings is 2. The van der Waals surface area contributed by atoms with Gasteiger partial charge in [-0.15, -0.1) is 0 Å². The minimum absolute atomic E-state index is 0.0176. The Morgan fingerprint density at radius 3 is 2.20 bits per heavy atom. The zero-order valence-electron chi connectivity index (χ0n) is 40.1. The number of likely N-dealkylation sites (tertiary alicyclic amines) is 2. The van der Waals surface area contributed by atoms with Crippen LogP contribution in [0.15, 0.2) is 59.5 Å². The van der Waals surface area contributed by atoms with E-state index in [-0.39, 0.29) is 52.9 Å². The molecule has 19 heteroatoms. The number of aromatic amines is 1. The van der Waals surface area contributed by atoms with Crippen LogP contribution in [-0.4, -0.2) is 203 Å². The number of hydrogen-bond donors (Lipinski definition) is 2. The fraction of sp³-hybridized carbons (Fsp3) is 0.529. The molecule has 5 aliphatic heterocycles. The predicted molar refractivity (Wildman–Crippen MR) is 260 cm³/mol. The molecule has 2 aromatic carbocycles. The summed E-state index contributed by atoms with van der Waals surface area (Å²) in [5.41, 5.74) is 2.55. The molecular weight excluding hydrogens is 898 g/mol. The van der Waals surface area contributed by atoms with Crippen LogP contribution in [0.3, 0.4) is 0 Å². The lowest BCUT2D eigenvalue weighted by Gasteiger charge is -2.40. The summed E-state index contributed by atoms with van der Waals surface area (Å²) >= 11 is 0. The Bertz CT molecular complexity index is 2620. The van der Waals surface area contributed by atoms with Gasteiger partial charge in [0.15, 0.2) is 5.69 Å². The number of anilines is 1. The number of amides is 5. The second kappa shape index (κ2) is 22.3. The Morgan fingerprint density at radius 1 is 0.771 bits per heavy atom. The van der Waals surface area contributed by atoms with Gasteiger partial charge in [-0.05, 0) is 67.5 Å². The fourth-order valence-electron chi connectivity index (χ4n) is 10.5. The summed E-state index contributed by atoms with van der Waals surface area (Å²) in [6.45, 7) is 12.8. The minimum Gasteiger partial charge on any atom is -0.379 e. The van der Waals surface area contributed by atoms with Crippen molar-refractivity contribution in [3.05, 3.63) is 99.0 Å². The van der Waals surface area contributed by atoms with E-state index in [1.54, 1.807) is 40.3 Å². The summed E-state index contributed by atoms with van der Waals surface area (Å²) in [7, 11) is 0. The molecule has 5 aliphatic rings. The number of hydrogen-bond acceptors (Lipinski definition) is 12. The van der Waals surface area contributed by atoms with Crippen LogP contribution in [0.25, 0.3) is 10.8 Å². The maximum absolute atomic E-state index is 15.1. The summed E-state index contributed by atoms with van der Waals surface area (Å²) in [4.78, 5) is 97.7. The molecule has 2 aromatic heterocycles. The number of H-pyrrole nitrogens is 1. The predicted octanol–water partition coefficient (Wildman–Crippen LogP) is 2.50. The SMILES string of the molecule is CCN1CC(c2cnc(C(=O)N3CCC(CN4CCN(CC(=O)N5CCN(C(=O)c6cc(Cc7n[nH]c(=O)c8ccccc78)ccc6F)CC5)CC4)CC3)c(NC(=O)CN3CCOCC3)c2)CCC1=O. The molecule has 0 aliphatic carbocycles. The average molecular weight is 962 g/mol. The molecule has 18 nitrogen and oxygen atoms in total. The van der Waals surface area contributed by atoms with Crippen molar-refractivity contribution in [2.75, 3.05) is 130 Å². The Kier molecular flexibility index (Phi) is 15.6. The summed E-state index contributed by atoms with van der Waals surface area (Å²) < 4.78 is 20.6. The number of pyridine rings is 1. The second-order valence-corrected chi connectivity index (χ2v) is 19.3. The minimum atomic E-state index is -0.613. The molecule has 5 saturated heterocycles. The van der Waals surface area contributed by atoms with E-state index in [4.69, 9.17) is 9.72 Å². The lowest BCUT2D eigenvalue weighted by molar-refractivity contribution is -0.134. The third kappa shape index (κ3) is 11.5. The molecule has 4 aromatic rings. The molecule has 5 amide bonds. The van der Waals surface area contributed by atoms with Gasteiger partial charge < -0.3 is 34.6 Å². The molecule has 9 rings (SSSR count). The number of carbonyl (C=O) groups excluding carboxylic acids is 5. The number of rotatable bonds is 13. The number of piperazine rings is 2. The van der Waals surface area contributed by atoms with Crippen LogP contribution in [0, 0.1) is 11.7 Å². The number of carbonyl (C=O) groups is 5. The first-order valence-electron chi connectivity index (χ1n) is 24.9. The third-order valence-corrected chi connectivity index (χ3v) is 14.8. The van der Waals surface area contributed by atoms with Crippen LogP contribution in [0.4, 0.5) is 10.1 Å². The number of morpholine rings is 1. The molecular formula is C51H64FN11O7. The van der Waals surface area contributed by atoms with Crippen LogP contribution in [0.2, 0.25) is 0 Å². The van der Waals surface area contributed by atoms with Crippen molar-refractivity contribution >= 4 is 46.0 Å². The van der Waals surface area contributed by atoms with Crippen LogP contribution in [0.1, 0.15) is 76.2 Å². The van der Waals surface area contributed by atoms with E-state index < -0.39 is 11.7 Å². The van der Waals surface area contributed by atoms with Crippen molar-refractivity contribution in [3.8, 4) is 0 Å². The van der Waals surface area contributed by atoms with Gasteiger partial charge in [0.2, 0.25) is 17.7 Å². The Hall–Kier alpha value is -6.15. The number of halogens is 1. The third-order valence-electron chi connectivity index (χ3n) is 14.8. The van der Waals surface area contributed by atoms with Crippen LogP contribution >= 0.6 is 0 Å². The van der Waals surface area contributed by atoms with E-state index >= 15 is 4.39 Å². The molecule has 0 spiro atoms. The number of nitrogens with one attached hydrogen (secondary N) is 2. The molecule has 372 valence electrons. The molecule has 2 N–H and O–H groups in total. The van der Waals surface area contributed by atoms with E-state index in [9.17, 15) is 28.8 Å². The van der Waals surface area contributed by atoms with Crippen molar-refractivity contribution < 1.29 is 33.1 Å². The summed E-state index contributed by atoms with van der Waals surface area (Å²) in [6, 6.07) is 13.5. The smallest absolute Gasteiger partial charge is 0.274 e. The van der Waals surface area contributed by atoms with E-state index in [2.05, 4.69) is 25.3 Å². The lowest BCUT2D eigenvalue weighted by Crippen LogP contribution is -2.55. The lowest BCUT2D eigenvalue weighted by atomic mass is 9.90. The summed E-state index contributed by atoms with van der Waals surface area (Å²) in [5.74, 6) is -0.791. The van der Waals surface area contributed by atoms with Gasteiger partial charge in [0, 0.05) is 129 Å². The van der Waals surface area contributed by atoms with Crippen molar-refractivity contribution in [3.63, 3.8) is 0 Å². The number of aromatic nitrogens is 3. The van der Waals surface area contributed by atoms with Gasteiger partial charge in [-0.1, -0.05) is 24.3 Å². The van der Waals surface area contributed by atoms with Gasteiger partial charge in [-0.25, -0.2) is 14.5 Å². The largest absolute Gasteiger partial charge is 0.379 e. The number of likely N-dealkylation sites (N-methyl/N-ethyl adjacent to an activating group) is 1. The monoisotopic (exact) mass is 961 g/mol. The van der Waals surface area contributed by atoms with E-state index in [0.717, 1.165) is 51.1 Å². The molecule has 0 bridgehead atoms. The van der Waals surface area contributed by atoms with Crippen molar-refractivity contribution in [2.24, 2.45) is 5.92 Å². The fourth-order valence-corrected chi connectivity index (χ4v) is 10.5. The van der Waals surface area contributed by atoms with Crippen LogP contribution in [-0.2, 0) is 25.5 Å². The zero-order chi connectivity index (χ0) is 48.7. The summed E-state index contributed by atoms with van der Waals surface area (Å²) in [6.07, 6.45) is 4.89. The second-order valence-electron chi connectivity index (χ2n) is 19.3. The topological polar surface area (TPSA) is 188 Å². The highest BCUT2D eigenvalue weighted by atomic mass is 19.1. The molecule has 7 heterocycles. The molecule has 0 saturated carbocycles. The van der Waals surface area contributed by atoms with Gasteiger partial charge in [0.05, 0.1) is 48.6 Å². The molecule has 1 unspecified atom stereocenters. The van der Waals surface area contributed by atoms with E-state index in [1.807, 2.05) is 39.8 Å². The highest BCUT2D eigenvalue weighted by Crippen LogP contribution is 2.31. The van der Waals surface area contributed by atoms with Crippen LogP contribution in [0.5, 0.6) is 0 Å². The Morgan fingerprint density at radius 2 is 1.46 bits per heavy atom. The van der Waals surface area contributed by atoms with Crippen molar-refractivity contribution in [1.82, 2.24) is 49.5 Å². The normalized spacial score (nSPS) is 20.3. The highest BCUT2D eigenvalue weighted by Gasteiger charge is 2.33. The van der Waals surface area contributed by atoms with Gasteiger partial charge in [-0.3, -0.25) is 38.6 Å². The number of ether oxygens (including phenoxy) is 1.